The number of Topliss-reactive ketones (excluding diaryl/α,β-unsaturated/α-hetero) is 1. The van der Waals surface area contributed by atoms with E-state index in [0.717, 1.165) is 24.8 Å². The number of aryl methyl sites for hydroxylation is 1. The fraction of sp³-hybridized carbons (Fsp3) is 0.556. The Kier molecular flexibility index (Phi) is 2.39. The topological polar surface area (TPSA) is 60.7 Å². The van der Waals surface area contributed by atoms with Gasteiger partial charge in [0.05, 0.1) is 13.5 Å². The normalized spacial score (nSPS) is 15.6. The molecule has 14 heavy (non-hydrogen) atoms. The fourth-order valence-electron chi connectivity index (χ4n) is 1.58. The molecule has 0 spiro atoms. The van der Waals surface area contributed by atoms with E-state index in [2.05, 4.69) is 15.4 Å². The van der Waals surface area contributed by atoms with Crippen molar-refractivity contribution < 1.29 is 4.79 Å². The Labute approximate surface area is 81.8 Å². The van der Waals surface area contributed by atoms with Crippen LogP contribution in [0.15, 0.2) is 11.6 Å². The van der Waals surface area contributed by atoms with Crippen LogP contribution in [0.1, 0.15) is 25.1 Å². The summed E-state index contributed by atoms with van der Waals surface area (Å²) in [5.41, 5.74) is 0.928. The molecule has 0 aromatic carbocycles. The number of carbonyl (C=O) groups excluding carboxylic acids is 1. The third-order valence-corrected chi connectivity index (χ3v) is 2.27. The Morgan fingerprint density at radius 2 is 2.50 bits per heavy atom. The van der Waals surface area contributed by atoms with Gasteiger partial charge in [-0.1, -0.05) is 6.08 Å². The van der Waals surface area contributed by atoms with Crippen molar-refractivity contribution >= 4 is 5.78 Å². The zero-order valence-corrected chi connectivity index (χ0v) is 8.10. The summed E-state index contributed by atoms with van der Waals surface area (Å²) in [5.74, 6) is 0.640. The van der Waals surface area contributed by atoms with E-state index in [1.54, 1.807) is 7.05 Å². The zero-order chi connectivity index (χ0) is 9.97. The van der Waals surface area contributed by atoms with Crippen molar-refractivity contribution in [2.45, 2.75) is 25.7 Å². The summed E-state index contributed by atoms with van der Waals surface area (Å²) >= 11 is 0. The van der Waals surface area contributed by atoms with Crippen molar-refractivity contribution in [3.8, 4) is 0 Å². The summed E-state index contributed by atoms with van der Waals surface area (Å²) in [4.78, 5) is 13.0. The molecule has 0 radical (unpaired) electrons. The van der Waals surface area contributed by atoms with Gasteiger partial charge in [0.25, 0.3) is 0 Å². The maximum Gasteiger partial charge on any atom is 0.182 e. The molecule has 5 nitrogen and oxygen atoms in total. The second-order valence-corrected chi connectivity index (χ2v) is 3.42. The molecule has 0 fully saturated rings. The predicted octanol–water partition coefficient (Wildman–Crippen LogP) is 0.432. The summed E-state index contributed by atoms with van der Waals surface area (Å²) in [5, 5.41) is 11.4. The van der Waals surface area contributed by atoms with E-state index in [1.165, 1.54) is 4.80 Å². The zero-order valence-electron chi connectivity index (χ0n) is 8.10. The number of tetrazole rings is 1. The van der Waals surface area contributed by atoms with Crippen LogP contribution >= 0.6 is 0 Å². The summed E-state index contributed by atoms with van der Waals surface area (Å²) in [6, 6.07) is 0. The number of hydrogen-bond donors (Lipinski definition) is 0. The standard InChI is InChI=1S/C9H12N4O/c1-13-11-9(10-12-13)6-8(14)7-4-2-3-5-7/h4H,2-3,5-6H2,1H3. The average molecular weight is 192 g/mol. The molecule has 0 bridgehead atoms. The fourth-order valence-corrected chi connectivity index (χ4v) is 1.58. The third kappa shape index (κ3) is 1.86. The van der Waals surface area contributed by atoms with E-state index in [-0.39, 0.29) is 12.2 Å². The molecule has 0 N–H and O–H groups in total. The highest BCUT2D eigenvalue weighted by molar-refractivity contribution is 5.96. The molecule has 1 aromatic heterocycles. The smallest absolute Gasteiger partial charge is 0.182 e. The maximum atomic E-state index is 11.6. The van der Waals surface area contributed by atoms with Crippen LogP contribution in [0.4, 0.5) is 0 Å². The molecule has 1 aromatic rings. The quantitative estimate of drug-likeness (QED) is 0.696. The van der Waals surface area contributed by atoms with E-state index in [1.807, 2.05) is 6.08 Å². The highest BCUT2D eigenvalue weighted by atomic mass is 16.1. The van der Waals surface area contributed by atoms with E-state index < -0.39 is 0 Å². The number of nitrogens with zero attached hydrogens (tertiary/aromatic N) is 4. The van der Waals surface area contributed by atoms with Crippen LogP contribution in [0, 0.1) is 0 Å². The molecule has 0 saturated heterocycles. The van der Waals surface area contributed by atoms with Gasteiger partial charge in [-0.2, -0.15) is 4.80 Å². The Morgan fingerprint density at radius 1 is 1.64 bits per heavy atom. The van der Waals surface area contributed by atoms with E-state index >= 15 is 0 Å². The lowest BCUT2D eigenvalue weighted by molar-refractivity contribution is -0.115. The van der Waals surface area contributed by atoms with Crippen molar-refractivity contribution in [3.05, 3.63) is 17.5 Å². The Bertz CT molecular complexity index is 380. The van der Waals surface area contributed by atoms with E-state index in [9.17, 15) is 4.79 Å². The first-order valence-corrected chi connectivity index (χ1v) is 4.71. The molecule has 1 aliphatic rings. The van der Waals surface area contributed by atoms with Crippen LogP contribution in [0.2, 0.25) is 0 Å². The van der Waals surface area contributed by atoms with E-state index in [4.69, 9.17) is 0 Å². The summed E-state index contributed by atoms with van der Waals surface area (Å²) in [6.07, 6.45) is 5.31. The number of hydrogen-bond acceptors (Lipinski definition) is 4. The Morgan fingerprint density at radius 3 is 3.07 bits per heavy atom. The lowest BCUT2D eigenvalue weighted by atomic mass is 10.1. The molecule has 1 aliphatic carbocycles. The minimum Gasteiger partial charge on any atom is -0.294 e. The summed E-state index contributed by atoms with van der Waals surface area (Å²) in [6.45, 7) is 0. The summed E-state index contributed by atoms with van der Waals surface area (Å²) in [7, 11) is 1.69. The number of carbonyl (C=O) groups is 1. The first kappa shape index (κ1) is 9.05. The minimum atomic E-state index is 0.135. The van der Waals surface area contributed by atoms with Gasteiger partial charge in [0.15, 0.2) is 11.6 Å². The molecule has 0 saturated carbocycles. The van der Waals surface area contributed by atoms with Gasteiger partial charge in [-0.05, 0) is 30.0 Å². The maximum absolute atomic E-state index is 11.6. The van der Waals surface area contributed by atoms with Crippen LogP contribution in [-0.4, -0.2) is 26.0 Å². The third-order valence-electron chi connectivity index (χ3n) is 2.27. The predicted molar refractivity (Wildman–Crippen MR) is 49.4 cm³/mol. The van der Waals surface area contributed by atoms with Gasteiger partial charge in [0, 0.05) is 0 Å². The number of ketones is 1. The molecule has 2 rings (SSSR count). The Balaban J connectivity index is 2.01. The van der Waals surface area contributed by atoms with Gasteiger partial charge in [0.1, 0.15) is 0 Å². The van der Waals surface area contributed by atoms with Crippen LogP contribution in [0.25, 0.3) is 0 Å². The minimum absolute atomic E-state index is 0.135. The molecule has 0 unspecified atom stereocenters. The largest absolute Gasteiger partial charge is 0.294 e. The van der Waals surface area contributed by atoms with Gasteiger partial charge in [0.2, 0.25) is 0 Å². The SMILES string of the molecule is Cn1nnc(CC(=O)C2=CCCC2)n1. The second kappa shape index (κ2) is 3.69. The highest BCUT2D eigenvalue weighted by Crippen LogP contribution is 2.19. The van der Waals surface area contributed by atoms with Gasteiger partial charge < -0.3 is 0 Å². The molecule has 1 heterocycles. The Hall–Kier alpha value is -1.52. The van der Waals surface area contributed by atoms with Crippen molar-refractivity contribution in [1.82, 2.24) is 20.2 Å². The summed E-state index contributed by atoms with van der Waals surface area (Å²) < 4.78 is 0. The van der Waals surface area contributed by atoms with Crippen molar-refractivity contribution in [2.24, 2.45) is 7.05 Å². The number of allylic oxidation sites excluding steroid dienone is 2. The van der Waals surface area contributed by atoms with Gasteiger partial charge in [-0.3, -0.25) is 4.79 Å². The first-order valence-electron chi connectivity index (χ1n) is 4.71. The van der Waals surface area contributed by atoms with E-state index in [0.29, 0.717) is 5.82 Å². The average Bonchev–Trinajstić information content (AvgIpc) is 2.75. The van der Waals surface area contributed by atoms with Gasteiger partial charge in [-0.15, -0.1) is 10.2 Å². The monoisotopic (exact) mass is 192 g/mol. The lowest BCUT2D eigenvalue weighted by Crippen LogP contribution is -2.06. The van der Waals surface area contributed by atoms with Crippen LogP contribution in [-0.2, 0) is 18.3 Å². The molecule has 0 atom stereocenters. The lowest BCUT2D eigenvalue weighted by Gasteiger charge is -1.96. The first-order chi connectivity index (χ1) is 6.75. The molecular formula is C9H12N4O. The second-order valence-electron chi connectivity index (χ2n) is 3.42. The van der Waals surface area contributed by atoms with Crippen LogP contribution in [0.3, 0.4) is 0 Å². The van der Waals surface area contributed by atoms with Gasteiger partial charge >= 0.3 is 0 Å². The molecule has 5 heteroatoms. The number of aromatic nitrogens is 4. The molecule has 0 amide bonds. The van der Waals surface area contributed by atoms with Crippen molar-refractivity contribution in [1.29, 1.82) is 0 Å². The number of rotatable bonds is 3. The van der Waals surface area contributed by atoms with Crippen molar-refractivity contribution in [3.63, 3.8) is 0 Å². The molecule has 74 valence electrons. The van der Waals surface area contributed by atoms with Crippen LogP contribution < -0.4 is 0 Å². The van der Waals surface area contributed by atoms with Crippen LogP contribution in [0.5, 0.6) is 0 Å². The molecular weight excluding hydrogens is 180 g/mol. The molecule has 0 aliphatic heterocycles. The highest BCUT2D eigenvalue weighted by Gasteiger charge is 2.15. The van der Waals surface area contributed by atoms with Crippen molar-refractivity contribution in [2.75, 3.05) is 0 Å². The van der Waals surface area contributed by atoms with Gasteiger partial charge in [-0.25, -0.2) is 0 Å².